The lowest BCUT2D eigenvalue weighted by atomic mass is 9.92. The highest BCUT2D eigenvalue weighted by Gasteiger charge is 2.33. The normalized spacial score (nSPS) is 22.2. The van der Waals surface area contributed by atoms with Crippen LogP contribution in [0.3, 0.4) is 0 Å². The van der Waals surface area contributed by atoms with E-state index in [0.717, 1.165) is 44.7 Å². The lowest BCUT2D eigenvalue weighted by Crippen LogP contribution is -2.54. The molecule has 1 aromatic heterocycles. The van der Waals surface area contributed by atoms with Gasteiger partial charge in [0.25, 0.3) is 5.56 Å². The Morgan fingerprint density at radius 1 is 1.24 bits per heavy atom. The molecule has 3 heterocycles. The molecule has 0 bridgehead atoms. The van der Waals surface area contributed by atoms with Crippen molar-refractivity contribution in [3.8, 4) is 0 Å². The smallest absolute Gasteiger partial charge is 0.266 e. The minimum Gasteiger partial charge on any atom is -0.339 e. The van der Waals surface area contributed by atoms with Crippen molar-refractivity contribution in [3.05, 3.63) is 28.2 Å². The first kappa shape index (κ1) is 18.1. The van der Waals surface area contributed by atoms with Crippen molar-refractivity contribution in [3.63, 3.8) is 0 Å². The maximum absolute atomic E-state index is 12.1. The number of hydrogen-bond acceptors (Lipinski definition) is 4. The Morgan fingerprint density at radius 3 is 2.60 bits per heavy atom. The van der Waals surface area contributed by atoms with Crippen LogP contribution >= 0.6 is 0 Å². The number of aromatic nitrogens is 2. The van der Waals surface area contributed by atoms with Gasteiger partial charge in [-0.15, -0.1) is 0 Å². The Morgan fingerprint density at radius 2 is 1.96 bits per heavy atom. The van der Waals surface area contributed by atoms with Gasteiger partial charge in [0, 0.05) is 56.5 Å². The Labute approximate surface area is 149 Å². The van der Waals surface area contributed by atoms with Gasteiger partial charge in [-0.2, -0.15) is 5.10 Å². The Hall–Kier alpha value is -1.69. The van der Waals surface area contributed by atoms with Crippen LogP contribution in [0.4, 0.5) is 0 Å². The van der Waals surface area contributed by atoms with Gasteiger partial charge in [-0.25, -0.2) is 4.68 Å². The Kier molecular flexibility index (Phi) is 5.00. The van der Waals surface area contributed by atoms with Gasteiger partial charge in [0.1, 0.15) is 0 Å². The molecular weight excluding hydrogens is 316 g/mol. The van der Waals surface area contributed by atoms with Crippen LogP contribution in [-0.4, -0.2) is 57.7 Å². The van der Waals surface area contributed by atoms with Gasteiger partial charge in [0.2, 0.25) is 5.91 Å². The van der Waals surface area contributed by atoms with Crippen molar-refractivity contribution in [2.45, 2.75) is 58.5 Å². The van der Waals surface area contributed by atoms with Crippen LogP contribution in [0.5, 0.6) is 0 Å². The van der Waals surface area contributed by atoms with E-state index in [9.17, 15) is 9.59 Å². The van der Waals surface area contributed by atoms with E-state index in [1.165, 1.54) is 0 Å². The first-order valence-corrected chi connectivity index (χ1v) is 9.32. The van der Waals surface area contributed by atoms with Gasteiger partial charge in [0.05, 0.1) is 12.2 Å². The molecule has 0 N–H and O–H groups in total. The molecule has 1 atom stereocenters. The molecule has 2 saturated heterocycles. The molecule has 25 heavy (non-hydrogen) atoms. The van der Waals surface area contributed by atoms with Crippen LogP contribution < -0.4 is 5.56 Å². The van der Waals surface area contributed by atoms with Gasteiger partial charge in [-0.3, -0.25) is 9.59 Å². The molecule has 2 aliphatic heterocycles. The van der Waals surface area contributed by atoms with Crippen molar-refractivity contribution in [2.75, 3.05) is 26.2 Å². The molecule has 0 radical (unpaired) electrons. The molecule has 0 spiro atoms. The molecule has 2 aliphatic rings. The lowest BCUT2D eigenvalue weighted by molar-refractivity contribution is -0.130. The number of carbonyl (C=O) groups excluding carboxylic acids is 1. The molecule has 1 aromatic rings. The summed E-state index contributed by atoms with van der Waals surface area (Å²) < 4.78 is 1.63. The van der Waals surface area contributed by atoms with E-state index in [-0.39, 0.29) is 16.9 Å². The van der Waals surface area contributed by atoms with Crippen molar-refractivity contribution in [1.82, 2.24) is 19.6 Å². The second-order valence-electron chi connectivity index (χ2n) is 8.58. The maximum Gasteiger partial charge on any atom is 0.266 e. The summed E-state index contributed by atoms with van der Waals surface area (Å²) in [5.41, 5.74) is 0.871. The van der Waals surface area contributed by atoms with Crippen LogP contribution in [0.15, 0.2) is 16.9 Å². The van der Waals surface area contributed by atoms with Crippen LogP contribution in [0, 0.1) is 5.92 Å². The predicted octanol–water partition coefficient (Wildman–Crippen LogP) is 1.48. The maximum atomic E-state index is 12.1. The van der Waals surface area contributed by atoms with Gasteiger partial charge in [0.15, 0.2) is 0 Å². The quantitative estimate of drug-likeness (QED) is 0.829. The highest BCUT2D eigenvalue weighted by Crippen LogP contribution is 2.24. The summed E-state index contributed by atoms with van der Waals surface area (Å²) in [6, 6.07) is 3.83. The monoisotopic (exact) mass is 346 g/mol. The molecule has 6 heteroatoms. The zero-order valence-corrected chi connectivity index (χ0v) is 15.9. The van der Waals surface area contributed by atoms with Gasteiger partial charge in [-0.1, -0.05) is 20.8 Å². The van der Waals surface area contributed by atoms with E-state index in [1.54, 1.807) is 17.7 Å². The summed E-state index contributed by atoms with van der Waals surface area (Å²) >= 11 is 0. The fourth-order valence-corrected chi connectivity index (χ4v) is 3.90. The summed E-state index contributed by atoms with van der Waals surface area (Å²) in [5, 5.41) is 4.56. The van der Waals surface area contributed by atoms with Crippen molar-refractivity contribution in [1.29, 1.82) is 0 Å². The molecule has 0 aliphatic carbocycles. The first-order valence-electron chi connectivity index (χ1n) is 9.32. The third-order valence-corrected chi connectivity index (χ3v) is 5.35. The van der Waals surface area contributed by atoms with E-state index < -0.39 is 0 Å². The third kappa shape index (κ3) is 4.11. The lowest BCUT2D eigenvalue weighted by Gasteiger charge is -2.42. The SMILES string of the molecule is CC(=O)N1CCCC1CN1CC(Cn2nc(C(C)(C)C)ccc2=O)C1. The Balaban J connectivity index is 1.54. The van der Waals surface area contributed by atoms with E-state index >= 15 is 0 Å². The van der Waals surface area contributed by atoms with Crippen LogP contribution in [0.2, 0.25) is 0 Å². The fourth-order valence-electron chi connectivity index (χ4n) is 3.90. The number of rotatable bonds is 4. The van der Waals surface area contributed by atoms with Gasteiger partial charge in [-0.05, 0) is 18.9 Å². The molecular formula is C19H30N4O2. The number of likely N-dealkylation sites (tertiary alicyclic amines) is 2. The van der Waals surface area contributed by atoms with Crippen LogP contribution in [0.25, 0.3) is 0 Å². The number of carbonyl (C=O) groups is 1. The van der Waals surface area contributed by atoms with E-state index in [0.29, 0.717) is 18.5 Å². The van der Waals surface area contributed by atoms with Crippen molar-refractivity contribution in [2.24, 2.45) is 5.92 Å². The second kappa shape index (κ2) is 6.90. The highest BCUT2D eigenvalue weighted by molar-refractivity contribution is 5.73. The predicted molar refractivity (Wildman–Crippen MR) is 97.5 cm³/mol. The molecule has 1 amide bonds. The summed E-state index contributed by atoms with van der Waals surface area (Å²) in [6.45, 7) is 12.5. The largest absolute Gasteiger partial charge is 0.339 e. The third-order valence-electron chi connectivity index (χ3n) is 5.35. The van der Waals surface area contributed by atoms with Gasteiger partial charge >= 0.3 is 0 Å². The topological polar surface area (TPSA) is 58.4 Å². The standard InChI is InChI=1S/C19H30N4O2/c1-14(24)22-9-5-6-16(22)13-21-10-15(11-21)12-23-18(25)8-7-17(20-23)19(2,3)4/h7-8,15-16H,5-6,9-13H2,1-4H3. The van der Waals surface area contributed by atoms with Crippen LogP contribution in [0.1, 0.15) is 46.2 Å². The molecule has 1 unspecified atom stereocenters. The zero-order chi connectivity index (χ0) is 18.2. The summed E-state index contributed by atoms with van der Waals surface area (Å²) in [6.07, 6.45) is 2.22. The number of hydrogen-bond donors (Lipinski definition) is 0. The minimum atomic E-state index is -0.0558. The fraction of sp³-hybridized carbons (Fsp3) is 0.737. The van der Waals surface area contributed by atoms with E-state index in [4.69, 9.17) is 0 Å². The van der Waals surface area contributed by atoms with E-state index in [1.807, 2.05) is 11.0 Å². The number of amides is 1. The van der Waals surface area contributed by atoms with Crippen molar-refractivity contribution >= 4 is 5.91 Å². The molecule has 0 saturated carbocycles. The Bertz CT molecular complexity index is 685. The molecule has 138 valence electrons. The first-order chi connectivity index (χ1) is 11.7. The van der Waals surface area contributed by atoms with Crippen molar-refractivity contribution < 1.29 is 4.79 Å². The van der Waals surface area contributed by atoms with Gasteiger partial charge < -0.3 is 9.80 Å². The summed E-state index contributed by atoms with van der Waals surface area (Å²) in [7, 11) is 0. The number of nitrogens with zero attached hydrogens (tertiary/aromatic N) is 4. The van der Waals surface area contributed by atoms with Crippen LogP contribution in [-0.2, 0) is 16.8 Å². The average molecular weight is 346 g/mol. The minimum absolute atomic E-state index is 0.0232. The molecule has 2 fully saturated rings. The molecule has 0 aromatic carbocycles. The molecule has 3 rings (SSSR count). The summed E-state index contributed by atoms with van der Waals surface area (Å²) in [5.74, 6) is 0.655. The highest BCUT2D eigenvalue weighted by atomic mass is 16.2. The van der Waals surface area contributed by atoms with E-state index in [2.05, 4.69) is 30.8 Å². The molecule has 6 nitrogen and oxygen atoms in total. The average Bonchev–Trinajstić information content (AvgIpc) is 2.94. The zero-order valence-electron chi connectivity index (χ0n) is 15.9. The summed E-state index contributed by atoms with van der Waals surface area (Å²) in [4.78, 5) is 28.2. The second-order valence-corrected chi connectivity index (χ2v) is 8.58.